The van der Waals surface area contributed by atoms with Gasteiger partial charge in [0.25, 0.3) is 0 Å². The quantitative estimate of drug-likeness (QED) is 0.356. The highest BCUT2D eigenvalue weighted by molar-refractivity contribution is 6.30. The van der Waals surface area contributed by atoms with Crippen molar-refractivity contribution in [2.45, 2.75) is 69.1 Å². The van der Waals surface area contributed by atoms with E-state index < -0.39 is 17.6 Å². The Morgan fingerprint density at radius 2 is 1.63 bits per heavy atom. The van der Waals surface area contributed by atoms with Gasteiger partial charge in [-0.05, 0) is 68.1 Å². The molecule has 3 unspecified atom stereocenters. The predicted molar refractivity (Wildman–Crippen MR) is 158 cm³/mol. The first-order valence-electron chi connectivity index (χ1n) is 14.4. The van der Waals surface area contributed by atoms with Crippen molar-refractivity contribution < 1.29 is 18.8 Å². The number of halogens is 2. The Morgan fingerprint density at radius 1 is 1.00 bits per heavy atom. The molecular weight excluding hydrogens is 545 g/mol. The third-order valence-corrected chi connectivity index (χ3v) is 8.62. The van der Waals surface area contributed by atoms with E-state index in [1.165, 1.54) is 12.1 Å². The average molecular weight is 586 g/mol. The number of piperazine rings is 1. The lowest BCUT2D eigenvalue weighted by Crippen LogP contribution is -2.63. The van der Waals surface area contributed by atoms with Crippen LogP contribution in [-0.2, 0) is 27.2 Å². The summed E-state index contributed by atoms with van der Waals surface area (Å²) in [7, 11) is 3.40. The van der Waals surface area contributed by atoms with Crippen LogP contribution < -0.4 is 16.0 Å². The lowest BCUT2D eigenvalue weighted by atomic mass is 9.98. The number of benzene rings is 2. The smallest absolute Gasteiger partial charge is 0.245 e. The molecule has 0 aromatic heterocycles. The number of hydrogen-bond donors (Lipinski definition) is 3. The van der Waals surface area contributed by atoms with Crippen molar-refractivity contribution in [1.82, 2.24) is 25.8 Å². The molecule has 2 aliphatic rings. The highest BCUT2D eigenvalue weighted by atomic mass is 35.5. The van der Waals surface area contributed by atoms with E-state index in [0.717, 1.165) is 36.8 Å². The second-order valence-corrected chi connectivity index (χ2v) is 11.6. The first-order valence-corrected chi connectivity index (χ1v) is 14.8. The van der Waals surface area contributed by atoms with Gasteiger partial charge in [-0.3, -0.25) is 19.3 Å². The van der Waals surface area contributed by atoms with Crippen LogP contribution in [0.15, 0.2) is 48.5 Å². The van der Waals surface area contributed by atoms with E-state index in [1.807, 2.05) is 29.2 Å². The van der Waals surface area contributed by atoms with Crippen molar-refractivity contribution in [3.8, 4) is 0 Å². The molecule has 3 amide bonds. The Balaban J connectivity index is 1.53. The van der Waals surface area contributed by atoms with Crippen LogP contribution in [0.5, 0.6) is 0 Å². The van der Waals surface area contributed by atoms with Crippen LogP contribution >= 0.6 is 11.6 Å². The fourth-order valence-corrected chi connectivity index (χ4v) is 5.83. The highest BCUT2D eigenvalue weighted by Gasteiger charge is 2.49. The number of rotatable bonds is 12. The minimum atomic E-state index is -0.784. The van der Waals surface area contributed by atoms with E-state index in [9.17, 15) is 18.8 Å². The molecule has 1 saturated heterocycles. The van der Waals surface area contributed by atoms with Gasteiger partial charge in [-0.15, -0.1) is 0 Å². The first-order chi connectivity index (χ1) is 19.7. The average Bonchev–Trinajstić information content (AvgIpc) is 3.79. The summed E-state index contributed by atoms with van der Waals surface area (Å²) in [5.41, 5.74) is 1.15. The lowest BCUT2D eigenvalue weighted by molar-refractivity contribution is -0.142. The largest absolute Gasteiger partial charge is 0.358 e. The third kappa shape index (κ3) is 7.64. The van der Waals surface area contributed by atoms with E-state index in [4.69, 9.17) is 11.6 Å². The molecule has 1 aliphatic carbocycles. The van der Waals surface area contributed by atoms with E-state index in [0.29, 0.717) is 31.1 Å². The predicted octanol–water partition coefficient (Wildman–Crippen LogP) is 2.93. The van der Waals surface area contributed by atoms with Gasteiger partial charge in [0.1, 0.15) is 11.9 Å². The maximum absolute atomic E-state index is 14.1. The Morgan fingerprint density at radius 3 is 2.22 bits per heavy atom. The van der Waals surface area contributed by atoms with Gasteiger partial charge in [-0.2, -0.15) is 0 Å². The molecule has 0 bridgehead atoms. The van der Waals surface area contributed by atoms with Crippen molar-refractivity contribution in [2.24, 2.45) is 0 Å². The molecule has 4 rings (SSSR count). The van der Waals surface area contributed by atoms with Gasteiger partial charge in [0, 0.05) is 44.2 Å². The van der Waals surface area contributed by atoms with Gasteiger partial charge >= 0.3 is 0 Å². The molecular formula is C31H41ClFN5O3. The Bertz CT molecular complexity index is 1210. The summed E-state index contributed by atoms with van der Waals surface area (Å²) in [6, 6.07) is 12.3. The number of nitrogens with one attached hydrogen (secondary N) is 3. The SMILES string of the molecule is CCCC1CN(C(Cc2ccc(Cl)cc2)C(=O)NC)CCN1C(=O)C(Cc1ccc(F)cc1)NC(=O)C1(NC)CC1. The first kappa shape index (κ1) is 30.9. The molecule has 2 fully saturated rings. The van der Waals surface area contributed by atoms with Crippen LogP contribution in [0.3, 0.4) is 0 Å². The van der Waals surface area contributed by atoms with Crippen molar-refractivity contribution in [2.75, 3.05) is 33.7 Å². The monoisotopic (exact) mass is 585 g/mol. The number of amides is 3. The standard InChI is InChI=1S/C31H41ClFN5O3/c1-4-5-25-20-37(27(28(39)34-2)19-22-6-10-23(32)11-7-22)16-17-38(25)29(40)26(18-21-8-12-24(33)13-9-21)36-30(41)31(35-3)14-15-31/h6-13,25-27,35H,4-5,14-20H2,1-3H3,(H,34,39)(H,36,41). The zero-order valence-corrected chi connectivity index (χ0v) is 24.8. The molecule has 3 N–H and O–H groups in total. The van der Waals surface area contributed by atoms with Crippen LogP contribution in [0.1, 0.15) is 43.7 Å². The zero-order chi connectivity index (χ0) is 29.6. The van der Waals surface area contributed by atoms with E-state index in [-0.39, 0.29) is 36.0 Å². The molecule has 10 heteroatoms. The summed E-state index contributed by atoms with van der Waals surface area (Å²) in [5, 5.41) is 9.56. The van der Waals surface area contributed by atoms with Crippen molar-refractivity contribution >= 4 is 29.3 Å². The Labute approximate surface area is 247 Å². The van der Waals surface area contributed by atoms with Gasteiger partial charge in [-0.1, -0.05) is 49.2 Å². The van der Waals surface area contributed by atoms with Crippen LogP contribution in [-0.4, -0.2) is 84.9 Å². The van der Waals surface area contributed by atoms with Gasteiger partial charge in [0.05, 0.1) is 11.6 Å². The van der Waals surface area contributed by atoms with Crippen LogP contribution in [0.2, 0.25) is 5.02 Å². The fraction of sp³-hybridized carbons (Fsp3) is 0.516. The molecule has 2 aromatic rings. The van der Waals surface area contributed by atoms with Gasteiger partial charge in [0.2, 0.25) is 17.7 Å². The van der Waals surface area contributed by atoms with Crippen LogP contribution in [0.25, 0.3) is 0 Å². The minimum Gasteiger partial charge on any atom is -0.358 e. The molecule has 8 nitrogen and oxygen atoms in total. The number of likely N-dealkylation sites (N-methyl/N-ethyl adjacent to an activating group) is 2. The molecule has 0 spiro atoms. The summed E-state index contributed by atoms with van der Waals surface area (Å²) >= 11 is 6.06. The minimum absolute atomic E-state index is 0.0711. The molecule has 2 aromatic carbocycles. The van der Waals surface area contributed by atoms with Crippen molar-refractivity contribution in [3.05, 3.63) is 70.5 Å². The summed E-state index contributed by atoms with van der Waals surface area (Å²) in [6.07, 6.45) is 3.86. The van der Waals surface area contributed by atoms with Gasteiger partial charge in [0.15, 0.2) is 0 Å². The summed E-state index contributed by atoms with van der Waals surface area (Å²) < 4.78 is 13.6. The highest BCUT2D eigenvalue weighted by Crippen LogP contribution is 2.35. The molecule has 0 radical (unpaired) electrons. The topological polar surface area (TPSA) is 93.8 Å². The van der Waals surface area contributed by atoms with Gasteiger partial charge in [-0.25, -0.2) is 4.39 Å². The van der Waals surface area contributed by atoms with Gasteiger partial charge < -0.3 is 20.9 Å². The fourth-order valence-electron chi connectivity index (χ4n) is 5.70. The van der Waals surface area contributed by atoms with E-state index in [1.54, 1.807) is 26.2 Å². The van der Waals surface area contributed by atoms with Crippen LogP contribution in [0.4, 0.5) is 4.39 Å². The van der Waals surface area contributed by atoms with Crippen LogP contribution in [0, 0.1) is 5.82 Å². The Kier molecular flexibility index (Phi) is 10.4. The lowest BCUT2D eigenvalue weighted by Gasteiger charge is -2.45. The molecule has 41 heavy (non-hydrogen) atoms. The molecule has 1 saturated carbocycles. The van der Waals surface area contributed by atoms with Crippen molar-refractivity contribution in [3.63, 3.8) is 0 Å². The third-order valence-electron chi connectivity index (χ3n) is 8.37. The molecule has 1 aliphatic heterocycles. The van der Waals surface area contributed by atoms with E-state index in [2.05, 4.69) is 27.8 Å². The normalized spacial score (nSPS) is 19.7. The molecule has 1 heterocycles. The maximum atomic E-state index is 14.1. The summed E-state index contributed by atoms with van der Waals surface area (Å²) in [4.78, 5) is 44.3. The number of hydrogen-bond acceptors (Lipinski definition) is 5. The molecule has 3 atom stereocenters. The summed E-state index contributed by atoms with van der Waals surface area (Å²) in [6.45, 7) is 3.58. The second kappa shape index (κ2) is 13.8. The maximum Gasteiger partial charge on any atom is 0.245 e. The second-order valence-electron chi connectivity index (χ2n) is 11.1. The number of carbonyl (C=O) groups excluding carboxylic acids is 3. The summed E-state index contributed by atoms with van der Waals surface area (Å²) in [5.74, 6) is -0.759. The zero-order valence-electron chi connectivity index (χ0n) is 24.1. The van der Waals surface area contributed by atoms with E-state index >= 15 is 0 Å². The molecule has 222 valence electrons. The number of carbonyl (C=O) groups is 3. The van der Waals surface area contributed by atoms with Crippen molar-refractivity contribution in [1.29, 1.82) is 0 Å². The number of nitrogens with zero attached hydrogens (tertiary/aromatic N) is 2. The Hall–Kier alpha value is -3.01.